The van der Waals surface area contributed by atoms with E-state index >= 15 is 0 Å². The van der Waals surface area contributed by atoms with Gasteiger partial charge in [-0.25, -0.2) is 4.79 Å². The van der Waals surface area contributed by atoms with Gasteiger partial charge >= 0.3 is 0 Å². The number of pyridine rings is 1. The van der Waals surface area contributed by atoms with E-state index in [1.165, 1.54) is 6.08 Å². The molecule has 1 rings (SSSR count). The minimum absolute atomic E-state index is 0.510. The number of aliphatic imine (C=N–C) groups is 1. The summed E-state index contributed by atoms with van der Waals surface area (Å²) in [4.78, 5) is 17.8. The first-order chi connectivity index (χ1) is 6.24. The molecule has 0 radical (unpaired) electrons. The second-order valence-electron chi connectivity index (χ2n) is 3.27. The minimum Gasteiger partial charge on any atom is -0.259 e. The molecule has 0 aliphatic rings. The van der Waals surface area contributed by atoms with E-state index in [1.807, 2.05) is 0 Å². The third kappa shape index (κ3) is 2.80. The highest BCUT2D eigenvalue weighted by Crippen LogP contribution is 2.18. The van der Waals surface area contributed by atoms with Crippen molar-refractivity contribution in [3.8, 4) is 0 Å². The fourth-order valence-electron chi connectivity index (χ4n) is 1.12. The molecule has 0 aliphatic carbocycles. The Morgan fingerprint density at radius 1 is 1.62 bits per heavy atom. The molecule has 1 heterocycles. The summed E-state index contributed by atoms with van der Waals surface area (Å²) in [5.41, 5.74) is 1.49. The lowest BCUT2D eigenvalue weighted by Crippen LogP contribution is -1.96. The van der Waals surface area contributed by atoms with E-state index < -0.39 is 0 Å². The molecule has 68 valence electrons. The summed E-state index contributed by atoms with van der Waals surface area (Å²) in [6, 6.07) is 3.54. The van der Waals surface area contributed by atoms with E-state index in [-0.39, 0.29) is 0 Å². The molecule has 0 saturated carbocycles. The molecule has 0 amide bonds. The molecular formula is C10H12N2O. The smallest absolute Gasteiger partial charge is 0.240 e. The molecule has 0 aliphatic heterocycles. The standard InChI is InChI=1S/C10H12N2O/c1-8(2)6-10-9(12-7-13)4-3-5-11-10/h3-5,8H,6H2,1-2H3. The van der Waals surface area contributed by atoms with Crippen LogP contribution < -0.4 is 0 Å². The Balaban J connectivity index is 2.97. The van der Waals surface area contributed by atoms with Crippen molar-refractivity contribution in [3.63, 3.8) is 0 Å². The molecule has 3 nitrogen and oxygen atoms in total. The minimum atomic E-state index is 0.510. The summed E-state index contributed by atoms with van der Waals surface area (Å²) in [6.45, 7) is 4.20. The predicted molar refractivity (Wildman–Crippen MR) is 50.6 cm³/mol. The van der Waals surface area contributed by atoms with Crippen molar-refractivity contribution >= 4 is 11.8 Å². The van der Waals surface area contributed by atoms with E-state index in [2.05, 4.69) is 23.8 Å². The normalized spacial score (nSPS) is 9.77. The van der Waals surface area contributed by atoms with Crippen LogP contribution in [0.2, 0.25) is 0 Å². The molecule has 1 aromatic rings. The van der Waals surface area contributed by atoms with E-state index in [9.17, 15) is 4.79 Å². The highest BCUT2D eigenvalue weighted by atomic mass is 16.1. The van der Waals surface area contributed by atoms with Gasteiger partial charge in [-0.2, -0.15) is 4.99 Å². The Hall–Kier alpha value is -1.47. The first-order valence-electron chi connectivity index (χ1n) is 4.25. The van der Waals surface area contributed by atoms with Crippen LogP contribution in [0.5, 0.6) is 0 Å². The van der Waals surface area contributed by atoms with Crippen molar-refractivity contribution in [1.82, 2.24) is 4.98 Å². The van der Waals surface area contributed by atoms with E-state index in [0.717, 1.165) is 12.1 Å². The van der Waals surface area contributed by atoms with Gasteiger partial charge in [0.2, 0.25) is 6.08 Å². The maximum Gasteiger partial charge on any atom is 0.240 e. The molecular weight excluding hydrogens is 164 g/mol. The second kappa shape index (κ2) is 4.53. The van der Waals surface area contributed by atoms with Gasteiger partial charge < -0.3 is 0 Å². The van der Waals surface area contributed by atoms with E-state index in [4.69, 9.17) is 0 Å². The molecule has 3 heteroatoms. The van der Waals surface area contributed by atoms with Crippen LogP contribution in [0, 0.1) is 5.92 Å². The molecule has 0 unspecified atom stereocenters. The second-order valence-corrected chi connectivity index (χ2v) is 3.27. The van der Waals surface area contributed by atoms with Crippen molar-refractivity contribution in [1.29, 1.82) is 0 Å². The Labute approximate surface area is 77.5 Å². The predicted octanol–water partition coefficient (Wildman–Crippen LogP) is 2.25. The van der Waals surface area contributed by atoms with Gasteiger partial charge in [0.25, 0.3) is 0 Å². The zero-order valence-corrected chi connectivity index (χ0v) is 7.82. The summed E-state index contributed by atoms with van der Waals surface area (Å²) in [6.07, 6.45) is 4.08. The van der Waals surface area contributed by atoms with Gasteiger partial charge in [0.1, 0.15) is 0 Å². The van der Waals surface area contributed by atoms with Crippen LogP contribution in [-0.4, -0.2) is 11.1 Å². The van der Waals surface area contributed by atoms with Crippen molar-refractivity contribution in [2.45, 2.75) is 20.3 Å². The molecule has 0 atom stereocenters. The molecule has 0 aromatic carbocycles. The first-order valence-corrected chi connectivity index (χ1v) is 4.25. The fourth-order valence-corrected chi connectivity index (χ4v) is 1.12. The maximum atomic E-state index is 10.1. The summed E-state index contributed by atoms with van der Waals surface area (Å²) >= 11 is 0. The molecule has 0 bridgehead atoms. The summed E-state index contributed by atoms with van der Waals surface area (Å²) < 4.78 is 0. The number of rotatable bonds is 3. The van der Waals surface area contributed by atoms with Gasteiger partial charge in [0, 0.05) is 6.20 Å². The highest BCUT2D eigenvalue weighted by Gasteiger charge is 2.03. The van der Waals surface area contributed by atoms with E-state index in [1.54, 1.807) is 18.3 Å². The summed E-state index contributed by atoms with van der Waals surface area (Å²) in [5.74, 6) is 0.510. The van der Waals surface area contributed by atoms with Crippen molar-refractivity contribution in [2.75, 3.05) is 0 Å². The van der Waals surface area contributed by atoms with Crippen molar-refractivity contribution < 1.29 is 4.79 Å². The Bertz CT molecular complexity index is 327. The molecule has 1 aromatic heterocycles. The quantitative estimate of drug-likeness (QED) is 0.523. The Morgan fingerprint density at radius 3 is 3.00 bits per heavy atom. The van der Waals surface area contributed by atoms with Crippen molar-refractivity contribution in [2.24, 2.45) is 10.9 Å². The number of isocyanates is 1. The van der Waals surface area contributed by atoms with Crippen LogP contribution in [0.1, 0.15) is 19.5 Å². The number of hydrogen-bond acceptors (Lipinski definition) is 3. The third-order valence-corrected chi connectivity index (χ3v) is 1.63. The third-order valence-electron chi connectivity index (χ3n) is 1.63. The maximum absolute atomic E-state index is 10.1. The van der Waals surface area contributed by atoms with Gasteiger partial charge in [-0.1, -0.05) is 13.8 Å². The Kier molecular flexibility index (Phi) is 3.35. The summed E-state index contributed by atoms with van der Waals surface area (Å²) in [5, 5.41) is 0. The van der Waals surface area contributed by atoms with Crippen LogP contribution in [0.3, 0.4) is 0 Å². The van der Waals surface area contributed by atoms with Crippen LogP contribution in [-0.2, 0) is 11.2 Å². The van der Waals surface area contributed by atoms with Crippen LogP contribution in [0.25, 0.3) is 0 Å². The molecule has 0 saturated heterocycles. The topological polar surface area (TPSA) is 42.3 Å². The zero-order valence-electron chi connectivity index (χ0n) is 7.82. The van der Waals surface area contributed by atoms with Crippen LogP contribution >= 0.6 is 0 Å². The van der Waals surface area contributed by atoms with Crippen molar-refractivity contribution in [3.05, 3.63) is 24.0 Å². The molecule has 0 fully saturated rings. The van der Waals surface area contributed by atoms with E-state index in [0.29, 0.717) is 11.6 Å². The summed E-state index contributed by atoms with van der Waals surface area (Å²) in [7, 11) is 0. The number of carbonyl (C=O) groups excluding carboxylic acids is 1. The van der Waals surface area contributed by atoms with Gasteiger partial charge in [0.05, 0.1) is 11.4 Å². The van der Waals surface area contributed by atoms with Gasteiger partial charge in [-0.3, -0.25) is 4.98 Å². The molecule has 0 N–H and O–H groups in total. The SMILES string of the molecule is CC(C)Cc1ncccc1N=C=O. The number of hydrogen-bond donors (Lipinski definition) is 0. The average Bonchev–Trinajstić information content (AvgIpc) is 2.08. The van der Waals surface area contributed by atoms with Crippen LogP contribution in [0.15, 0.2) is 23.3 Å². The largest absolute Gasteiger partial charge is 0.259 e. The molecule has 13 heavy (non-hydrogen) atoms. The first kappa shape index (κ1) is 9.62. The number of nitrogens with zero attached hydrogens (tertiary/aromatic N) is 2. The Morgan fingerprint density at radius 2 is 2.38 bits per heavy atom. The average molecular weight is 176 g/mol. The van der Waals surface area contributed by atoms with Crippen LogP contribution in [0.4, 0.5) is 5.69 Å². The lowest BCUT2D eigenvalue weighted by Gasteiger charge is -2.04. The van der Waals surface area contributed by atoms with Gasteiger partial charge in [0.15, 0.2) is 0 Å². The van der Waals surface area contributed by atoms with Gasteiger partial charge in [-0.05, 0) is 24.5 Å². The lowest BCUT2D eigenvalue weighted by molar-refractivity contribution is 0.565. The highest BCUT2D eigenvalue weighted by molar-refractivity contribution is 5.51. The van der Waals surface area contributed by atoms with Gasteiger partial charge in [-0.15, -0.1) is 0 Å². The number of aromatic nitrogens is 1. The monoisotopic (exact) mass is 176 g/mol. The zero-order chi connectivity index (χ0) is 9.68. The molecule has 0 spiro atoms. The lowest BCUT2D eigenvalue weighted by atomic mass is 10.1. The fraction of sp³-hybridized carbons (Fsp3) is 0.400.